The molecule has 0 saturated heterocycles. The van der Waals surface area contributed by atoms with Crippen LogP contribution in [0, 0.1) is 0 Å². The third kappa shape index (κ3) is 2.08. The standard InChI is InChI=1S/C12H14BrNO/c1-14-8-9(3-2-6-15)11-5-4-10(13)7-12(11)14/h4-5,7-8,15H,2-3,6H2,1H3. The first-order valence-corrected chi connectivity index (χ1v) is 5.86. The summed E-state index contributed by atoms with van der Waals surface area (Å²) in [6.45, 7) is 0.257. The Bertz CT molecular complexity index is 476. The van der Waals surface area contributed by atoms with Gasteiger partial charge < -0.3 is 9.67 Å². The molecule has 3 heteroatoms. The molecule has 0 radical (unpaired) electrons. The molecule has 1 aromatic heterocycles. The monoisotopic (exact) mass is 267 g/mol. The Morgan fingerprint density at radius 2 is 2.20 bits per heavy atom. The molecule has 1 N–H and O–H groups in total. The summed E-state index contributed by atoms with van der Waals surface area (Å²) >= 11 is 3.48. The van der Waals surface area contributed by atoms with Gasteiger partial charge in [-0.3, -0.25) is 0 Å². The number of aliphatic hydroxyl groups is 1. The summed E-state index contributed by atoms with van der Waals surface area (Å²) in [5.41, 5.74) is 2.55. The third-order valence-corrected chi connectivity index (χ3v) is 3.13. The predicted octanol–water partition coefficient (Wildman–Crippen LogP) is 2.87. The topological polar surface area (TPSA) is 25.2 Å². The Hall–Kier alpha value is -0.800. The molecule has 0 unspecified atom stereocenters. The molecule has 1 aromatic carbocycles. The minimum atomic E-state index is 0.257. The average molecular weight is 268 g/mol. The molecule has 15 heavy (non-hydrogen) atoms. The van der Waals surface area contributed by atoms with Crippen LogP contribution in [0.15, 0.2) is 28.9 Å². The van der Waals surface area contributed by atoms with E-state index in [-0.39, 0.29) is 6.61 Å². The van der Waals surface area contributed by atoms with E-state index in [1.165, 1.54) is 16.5 Å². The van der Waals surface area contributed by atoms with Crippen LogP contribution in [0.25, 0.3) is 10.9 Å². The van der Waals surface area contributed by atoms with Crippen molar-refractivity contribution in [1.82, 2.24) is 4.57 Å². The molecular weight excluding hydrogens is 254 g/mol. The van der Waals surface area contributed by atoms with Crippen LogP contribution in [0.5, 0.6) is 0 Å². The van der Waals surface area contributed by atoms with E-state index in [1.54, 1.807) is 0 Å². The number of aliphatic hydroxyl groups excluding tert-OH is 1. The summed E-state index contributed by atoms with van der Waals surface area (Å²) in [6.07, 6.45) is 3.91. The van der Waals surface area contributed by atoms with Crippen LogP contribution in [0.3, 0.4) is 0 Å². The average Bonchev–Trinajstić information content (AvgIpc) is 2.53. The van der Waals surface area contributed by atoms with Gasteiger partial charge in [-0.05, 0) is 30.5 Å². The van der Waals surface area contributed by atoms with Crippen molar-refractivity contribution in [3.63, 3.8) is 0 Å². The van der Waals surface area contributed by atoms with Gasteiger partial charge >= 0.3 is 0 Å². The molecule has 0 aliphatic carbocycles. The van der Waals surface area contributed by atoms with Crippen molar-refractivity contribution in [1.29, 1.82) is 0 Å². The summed E-state index contributed by atoms with van der Waals surface area (Å²) in [7, 11) is 2.05. The van der Waals surface area contributed by atoms with Crippen LogP contribution < -0.4 is 0 Å². The second kappa shape index (κ2) is 4.37. The summed E-state index contributed by atoms with van der Waals surface area (Å²) in [4.78, 5) is 0. The van der Waals surface area contributed by atoms with Crippen molar-refractivity contribution in [2.45, 2.75) is 12.8 Å². The molecule has 0 atom stereocenters. The molecule has 0 saturated carbocycles. The largest absolute Gasteiger partial charge is 0.396 e. The van der Waals surface area contributed by atoms with Gasteiger partial charge in [-0.15, -0.1) is 0 Å². The van der Waals surface area contributed by atoms with Crippen LogP contribution in [-0.4, -0.2) is 16.3 Å². The van der Waals surface area contributed by atoms with Crippen LogP contribution in [0.1, 0.15) is 12.0 Å². The Labute approximate surface area is 97.7 Å². The van der Waals surface area contributed by atoms with E-state index in [0.29, 0.717) is 0 Å². The molecule has 2 nitrogen and oxygen atoms in total. The van der Waals surface area contributed by atoms with Gasteiger partial charge in [-0.25, -0.2) is 0 Å². The van der Waals surface area contributed by atoms with Crippen LogP contribution in [0.2, 0.25) is 0 Å². The highest BCUT2D eigenvalue weighted by atomic mass is 79.9. The van der Waals surface area contributed by atoms with Gasteiger partial charge in [0.1, 0.15) is 0 Å². The van der Waals surface area contributed by atoms with E-state index in [2.05, 4.69) is 51.9 Å². The molecule has 80 valence electrons. The second-order valence-electron chi connectivity index (χ2n) is 3.75. The van der Waals surface area contributed by atoms with E-state index in [0.717, 1.165) is 17.3 Å². The maximum absolute atomic E-state index is 8.84. The Kier molecular flexibility index (Phi) is 3.12. The van der Waals surface area contributed by atoms with E-state index in [4.69, 9.17) is 5.11 Å². The minimum absolute atomic E-state index is 0.257. The number of hydrogen-bond acceptors (Lipinski definition) is 1. The zero-order valence-corrected chi connectivity index (χ0v) is 10.3. The Morgan fingerprint density at radius 3 is 2.93 bits per heavy atom. The first-order valence-electron chi connectivity index (χ1n) is 5.06. The maximum Gasteiger partial charge on any atom is 0.0491 e. The smallest absolute Gasteiger partial charge is 0.0491 e. The molecular formula is C12H14BrNO. The van der Waals surface area contributed by atoms with Crippen molar-refractivity contribution < 1.29 is 5.11 Å². The number of aromatic nitrogens is 1. The van der Waals surface area contributed by atoms with Crippen molar-refractivity contribution in [2.24, 2.45) is 7.05 Å². The molecule has 0 amide bonds. The normalized spacial score (nSPS) is 11.1. The van der Waals surface area contributed by atoms with Gasteiger partial charge in [0.05, 0.1) is 0 Å². The van der Waals surface area contributed by atoms with E-state index >= 15 is 0 Å². The highest BCUT2D eigenvalue weighted by Gasteiger charge is 2.06. The molecule has 0 spiro atoms. The fraction of sp³-hybridized carbons (Fsp3) is 0.333. The number of halogens is 1. The fourth-order valence-corrected chi connectivity index (χ4v) is 2.26. The van der Waals surface area contributed by atoms with Crippen LogP contribution >= 0.6 is 15.9 Å². The van der Waals surface area contributed by atoms with E-state index in [9.17, 15) is 0 Å². The van der Waals surface area contributed by atoms with Crippen LogP contribution in [0.4, 0.5) is 0 Å². The van der Waals surface area contributed by atoms with E-state index in [1.807, 2.05) is 0 Å². The highest BCUT2D eigenvalue weighted by Crippen LogP contribution is 2.25. The number of fused-ring (bicyclic) bond motifs is 1. The van der Waals surface area contributed by atoms with Gasteiger partial charge in [0.25, 0.3) is 0 Å². The zero-order valence-electron chi connectivity index (χ0n) is 8.70. The lowest BCUT2D eigenvalue weighted by molar-refractivity contribution is 0.288. The molecule has 0 aliphatic rings. The van der Waals surface area contributed by atoms with Gasteiger partial charge in [0.15, 0.2) is 0 Å². The number of benzene rings is 1. The molecule has 2 aromatic rings. The Morgan fingerprint density at radius 1 is 1.40 bits per heavy atom. The van der Waals surface area contributed by atoms with Gasteiger partial charge in [0, 0.05) is 35.2 Å². The second-order valence-corrected chi connectivity index (χ2v) is 4.67. The van der Waals surface area contributed by atoms with Gasteiger partial charge in [0.2, 0.25) is 0 Å². The first-order chi connectivity index (χ1) is 7.22. The molecule has 1 heterocycles. The van der Waals surface area contributed by atoms with Crippen molar-refractivity contribution in [3.05, 3.63) is 34.4 Å². The molecule has 0 aliphatic heterocycles. The highest BCUT2D eigenvalue weighted by molar-refractivity contribution is 9.10. The lowest BCUT2D eigenvalue weighted by Crippen LogP contribution is -1.87. The summed E-state index contributed by atoms with van der Waals surface area (Å²) in [6, 6.07) is 6.31. The SMILES string of the molecule is Cn1cc(CCCO)c2ccc(Br)cc21. The predicted molar refractivity (Wildman–Crippen MR) is 66.0 cm³/mol. The number of hydrogen-bond donors (Lipinski definition) is 1. The lowest BCUT2D eigenvalue weighted by Gasteiger charge is -1.97. The molecule has 0 fully saturated rings. The fourth-order valence-electron chi connectivity index (χ4n) is 1.91. The summed E-state index contributed by atoms with van der Waals surface area (Å²) in [5, 5.41) is 10.1. The Balaban J connectivity index is 2.48. The number of rotatable bonds is 3. The third-order valence-electron chi connectivity index (χ3n) is 2.64. The number of nitrogens with zero attached hydrogens (tertiary/aromatic N) is 1. The lowest BCUT2D eigenvalue weighted by atomic mass is 10.1. The van der Waals surface area contributed by atoms with Gasteiger partial charge in [-0.1, -0.05) is 22.0 Å². The summed E-state index contributed by atoms with van der Waals surface area (Å²) in [5.74, 6) is 0. The van der Waals surface area contributed by atoms with Gasteiger partial charge in [-0.2, -0.15) is 0 Å². The molecule has 2 rings (SSSR count). The van der Waals surface area contributed by atoms with Crippen molar-refractivity contribution in [2.75, 3.05) is 6.61 Å². The minimum Gasteiger partial charge on any atom is -0.396 e. The summed E-state index contributed by atoms with van der Waals surface area (Å²) < 4.78 is 3.23. The molecule has 0 bridgehead atoms. The van der Waals surface area contributed by atoms with Crippen LogP contribution in [-0.2, 0) is 13.5 Å². The maximum atomic E-state index is 8.84. The van der Waals surface area contributed by atoms with Crippen molar-refractivity contribution in [3.8, 4) is 0 Å². The van der Waals surface area contributed by atoms with Crippen molar-refractivity contribution >= 4 is 26.8 Å². The van der Waals surface area contributed by atoms with E-state index < -0.39 is 0 Å². The quantitative estimate of drug-likeness (QED) is 0.909. The number of aryl methyl sites for hydroxylation is 2. The zero-order chi connectivity index (χ0) is 10.8. The first kappa shape index (κ1) is 10.7.